The van der Waals surface area contributed by atoms with E-state index in [4.69, 9.17) is 18.9 Å². The number of methoxy groups -OCH3 is 4. The van der Waals surface area contributed by atoms with Crippen molar-refractivity contribution in [2.75, 3.05) is 28.4 Å². The molecule has 2 aromatic carbocycles. The van der Waals surface area contributed by atoms with Crippen molar-refractivity contribution in [2.45, 2.75) is 0 Å². The highest BCUT2D eigenvalue weighted by Gasteiger charge is 2.08. The molecule has 2 aromatic rings. The summed E-state index contributed by atoms with van der Waals surface area (Å²) in [4.78, 5) is 12.4. The number of benzene rings is 2. The molecule has 0 saturated heterocycles. The van der Waals surface area contributed by atoms with Gasteiger partial charge in [-0.25, -0.2) is 0 Å². The van der Waals surface area contributed by atoms with Gasteiger partial charge in [-0.15, -0.1) is 0 Å². The van der Waals surface area contributed by atoms with Gasteiger partial charge in [-0.3, -0.25) is 4.79 Å². The van der Waals surface area contributed by atoms with E-state index in [1.165, 1.54) is 6.08 Å². The lowest BCUT2D eigenvalue weighted by atomic mass is 10.1. The normalized spacial score (nSPS) is 10.5. The van der Waals surface area contributed by atoms with Crippen molar-refractivity contribution in [3.05, 3.63) is 53.6 Å². The molecule has 24 heavy (non-hydrogen) atoms. The highest BCUT2D eigenvalue weighted by atomic mass is 16.5. The summed E-state index contributed by atoms with van der Waals surface area (Å²) in [6.45, 7) is 0. The first-order chi connectivity index (χ1) is 11.6. The molecular formula is C19H20O5. The first-order valence-electron chi connectivity index (χ1n) is 7.28. The number of rotatable bonds is 7. The van der Waals surface area contributed by atoms with Crippen LogP contribution in [0.4, 0.5) is 0 Å². The van der Waals surface area contributed by atoms with E-state index >= 15 is 0 Å². The lowest BCUT2D eigenvalue weighted by Gasteiger charge is -2.08. The van der Waals surface area contributed by atoms with Gasteiger partial charge in [0.25, 0.3) is 0 Å². The third-order valence-corrected chi connectivity index (χ3v) is 3.49. The largest absolute Gasteiger partial charge is 0.497 e. The van der Waals surface area contributed by atoms with Crippen molar-refractivity contribution in [3.63, 3.8) is 0 Å². The molecule has 0 aliphatic rings. The second kappa shape index (κ2) is 8.06. The third kappa shape index (κ3) is 4.07. The number of hydrogen-bond acceptors (Lipinski definition) is 5. The van der Waals surface area contributed by atoms with E-state index < -0.39 is 0 Å². The van der Waals surface area contributed by atoms with Crippen LogP contribution >= 0.6 is 0 Å². The second-order valence-electron chi connectivity index (χ2n) is 4.91. The molecule has 0 atom stereocenters. The number of hydrogen-bond donors (Lipinski definition) is 0. The van der Waals surface area contributed by atoms with Crippen LogP contribution in [-0.4, -0.2) is 34.2 Å². The number of ketones is 1. The quantitative estimate of drug-likeness (QED) is 0.574. The van der Waals surface area contributed by atoms with Gasteiger partial charge in [0.15, 0.2) is 5.78 Å². The van der Waals surface area contributed by atoms with Gasteiger partial charge in [-0.1, -0.05) is 0 Å². The van der Waals surface area contributed by atoms with Crippen LogP contribution in [0.15, 0.2) is 42.5 Å². The maximum Gasteiger partial charge on any atom is 0.186 e. The molecule has 0 bridgehead atoms. The van der Waals surface area contributed by atoms with Gasteiger partial charge < -0.3 is 18.9 Å². The van der Waals surface area contributed by atoms with E-state index in [0.717, 1.165) is 5.56 Å². The van der Waals surface area contributed by atoms with Crippen molar-refractivity contribution in [2.24, 2.45) is 0 Å². The maximum atomic E-state index is 12.4. The topological polar surface area (TPSA) is 54.0 Å². The minimum atomic E-state index is -0.162. The molecule has 0 N–H and O–H groups in total. The Bertz CT molecular complexity index is 727. The van der Waals surface area contributed by atoms with Gasteiger partial charge >= 0.3 is 0 Å². The monoisotopic (exact) mass is 328 g/mol. The summed E-state index contributed by atoms with van der Waals surface area (Å²) in [5.74, 6) is 2.28. The maximum absolute atomic E-state index is 12.4. The van der Waals surface area contributed by atoms with Crippen molar-refractivity contribution >= 4 is 11.9 Å². The summed E-state index contributed by atoms with van der Waals surface area (Å²) in [5.41, 5.74) is 1.26. The molecule has 0 fully saturated rings. The lowest BCUT2D eigenvalue weighted by Crippen LogP contribution is -1.97. The van der Waals surface area contributed by atoms with Crippen molar-refractivity contribution in [3.8, 4) is 23.0 Å². The van der Waals surface area contributed by atoms with E-state index in [2.05, 4.69) is 0 Å². The zero-order valence-corrected chi connectivity index (χ0v) is 14.2. The third-order valence-electron chi connectivity index (χ3n) is 3.49. The van der Waals surface area contributed by atoms with E-state index in [1.54, 1.807) is 64.8 Å². The first-order valence-corrected chi connectivity index (χ1v) is 7.28. The molecule has 5 heteroatoms. The van der Waals surface area contributed by atoms with Crippen LogP contribution in [-0.2, 0) is 0 Å². The van der Waals surface area contributed by atoms with E-state index in [1.807, 2.05) is 6.07 Å². The number of carbonyl (C=O) groups is 1. The molecule has 0 aliphatic carbocycles. The van der Waals surface area contributed by atoms with Gasteiger partial charge in [0.05, 0.1) is 28.4 Å². The second-order valence-corrected chi connectivity index (χ2v) is 4.91. The average Bonchev–Trinajstić information content (AvgIpc) is 2.65. The molecule has 126 valence electrons. The molecule has 0 amide bonds. The Hall–Kier alpha value is -2.95. The lowest BCUT2D eigenvalue weighted by molar-refractivity contribution is 0.104. The molecule has 0 aromatic heterocycles. The van der Waals surface area contributed by atoms with Gasteiger partial charge in [0.1, 0.15) is 23.0 Å². The highest BCUT2D eigenvalue weighted by Crippen LogP contribution is 2.26. The van der Waals surface area contributed by atoms with Crippen LogP contribution < -0.4 is 18.9 Å². The van der Waals surface area contributed by atoms with Gasteiger partial charge in [-0.05, 0) is 36.4 Å². The number of ether oxygens (including phenoxy) is 4. The van der Waals surface area contributed by atoms with Gasteiger partial charge in [0.2, 0.25) is 0 Å². The van der Waals surface area contributed by atoms with Gasteiger partial charge in [0, 0.05) is 23.3 Å². The predicted octanol–water partition coefficient (Wildman–Crippen LogP) is 3.62. The van der Waals surface area contributed by atoms with Crippen LogP contribution in [0.1, 0.15) is 15.9 Å². The zero-order valence-electron chi connectivity index (χ0n) is 14.2. The van der Waals surface area contributed by atoms with Crippen molar-refractivity contribution in [1.82, 2.24) is 0 Å². The summed E-state index contributed by atoms with van der Waals surface area (Å²) >= 11 is 0. The Morgan fingerprint density at radius 3 is 1.96 bits per heavy atom. The molecular weight excluding hydrogens is 308 g/mol. The average molecular weight is 328 g/mol. The van der Waals surface area contributed by atoms with Crippen LogP contribution in [0.3, 0.4) is 0 Å². The van der Waals surface area contributed by atoms with Crippen LogP contribution in [0.5, 0.6) is 23.0 Å². The minimum Gasteiger partial charge on any atom is -0.497 e. The molecule has 2 rings (SSSR count). The summed E-state index contributed by atoms with van der Waals surface area (Å²) in [6, 6.07) is 10.4. The Morgan fingerprint density at radius 1 is 0.792 bits per heavy atom. The molecule has 0 aliphatic heterocycles. The Balaban J connectivity index is 2.27. The summed E-state index contributed by atoms with van der Waals surface area (Å²) in [5, 5.41) is 0. The van der Waals surface area contributed by atoms with E-state index in [0.29, 0.717) is 28.6 Å². The molecule has 0 heterocycles. The fourth-order valence-corrected chi connectivity index (χ4v) is 2.17. The fraction of sp³-hybridized carbons (Fsp3) is 0.211. The van der Waals surface area contributed by atoms with Crippen LogP contribution in [0.25, 0.3) is 6.08 Å². The van der Waals surface area contributed by atoms with E-state index in [9.17, 15) is 4.79 Å². The smallest absolute Gasteiger partial charge is 0.186 e. The summed E-state index contributed by atoms with van der Waals surface area (Å²) in [7, 11) is 6.24. The first kappa shape index (κ1) is 17.4. The predicted molar refractivity (Wildman–Crippen MR) is 92.5 cm³/mol. The standard InChI is InChI=1S/C19H20O5/c1-21-15-7-5-13(19(12-15)24-4)6-8-18(20)14-9-16(22-2)11-17(10-14)23-3/h5-12H,1-4H3. The molecule has 0 spiro atoms. The van der Waals surface area contributed by atoms with Crippen molar-refractivity contribution in [1.29, 1.82) is 0 Å². The Labute approximate surface area is 141 Å². The van der Waals surface area contributed by atoms with Crippen molar-refractivity contribution < 1.29 is 23.7 Å². The summed E-state index contributed by atoms with van der Waals surface area (Å²) < 4.78 is 20.8. The number of carbonyl (C=O) groups excluding carboxylic acids is 1. The molecule has 0 saturated carbocycles. The fourth-order valence-electron chi connectivity index (χ4n) is 2.17. The Kier molecular flexibility index (Phi) is 5.84. The van der Waals surface area contributed by atoms with Gasteiger partial charge in [-0.2, -0.15) is 0 Å². The molecule has 0 unspecified atom stereocenters. The van der Waals surface area contributed by atoms with Crippen LogP contribution in [0.2, 0.25) is 0 Å². The SMILES string of the molecule is COc1cc(OC)cc(C(=O)C=Cc2ccc(OC)cc2OC)c1. The van der Waals surface area contributed by atoms with E-state index in [-0.39, 0.29) is 5.78 Å². The summed E-state index contributed by atoms with van der Waals surface area (Å²) in [6.07, 6.45) is 3.19. The minimum absolute atomic E-state index is 0.162. The molecule has 0 radical (unpaired) electrons. The highest BCUT2D eigenvalue weighted by molar-refractivity contribution is 6.07. The Morgan fingerprint density at radius 2 is 1.42 bits per heavy atom. The van der Waals surface area contributed by atoms with Crippen LogP contribution in [0, 0.1) is 0 Å². The molecule has 5 nitrogen and oxygen atoms in total. The number of allylic oxidation sites excluding steroid dienone is 1. The zero-order chi connectivity index (χ0) is 17.5.